The molecule has 144 valence electrons. The number of halogens is 1. The molecule has 0 unspecified atom stereocenters. The Balaban J connectivity index is 1.64. The third-order valence-electron chi connectivity index (χ3n) is 4.52. The maximum atomic E-state index is 12.5. The van der Waals surface area contributed by atoms with Gasteiger partial charge < -0.3 is 9.52 Å². The van der Waals surface area contributed by atoms with Crippen LogP contribution in [0.15, 0.2) is 75.0 Å². The molecule has 0 saturated heterocycles. The summed E-state index contributed by atoms with van der Waals surface area (Å²) in [6.45, 7) is 1.57. The Morgan fingerprint density at radius 2 is 1.69 bits per heavy atom. The van der Waals surface area contributed by atoms with E-state index in [1.165, 1.54) is 6.07 Å². The monoisotopic (exact) mass is 406 g/mol. The zero-order chi connectivity index (χ0) is 20.5. The lowest BCUT2D eigenvalue weighted by Gasteiger charge is -2.07. The fraction of sp³-hybridized carbons (Fsp3) is 0.0455. The first-order chi connectivity index (χ1) is 13.9. The van der Waals surface area contributed by atoms with Gasteiger partial charge in [-0.1, -0.05) is 35.9 Å². The summed E-state index contributed by atoms with van der Waals surface area (Å²) in [4.78, 5) is 24.7. The average molecular weight is 407 g/mol. The maximum Gasteiger partial charge on any atom is 0.345 e. The van der Waals surface area contributed by atoms with Crippen molar-refractivity contribution in [3.63, 3.8) is 0 Å². The first-order valence-electron chi connectivity index (χ1n) is 8.72. The molecular formula is C22H15ClN2O4. The number of nitrogens with zero attached hydrogens (tertiary/aromatic N) is 1. The predicted octanol–water partition coefficient (Wildman–Crippen LogP) is 4.46. The molecule has 0 fully saturated rings. The Kier molecular flexibility index (Phi) is 4.78. The van der Waals surface area contributed by atoms with Crippen molar-refractivity contribution < 1.29 is 14.3 Å². The van der Waals surface area contributed by atoms with Crippen molar-refractivity contribution in [2.45, 2.75) is 6.92 Å². The Morgan fingerprint density at radius 1 is 1.00 bits per heavy atom. The largest absolute Gasteiger partial charge is 0.507 e. The molecule has 1 aromatic heterocycles. The van der Waals surface area contributed by atoms with Crippen molar-refractivity contribution in [1.82, 2.24) is 5.43 Å². The highest BCUT2D eigenvalue weighted by molar-refractivity contribution is 6.31. The van der Waals surface area contributed by atoms with E-state index in [1.54, 1.807) is 37.3 Å². The van der Waals surface area contributed by atoms with Crippen LogP contribution in [0.4, 0.5) is 0 Å². The number of nitrogens with one attached hydrogen (secondary N) is 1. The minimum absolute atomic E-state index is 0.0811. The van der Waals surface area contributed by atoms with Gasteiger partial charge in [-0.15, -0.1) is 0 Å². The molecule has 2 N–H and O–H groups in total. The smallest absolute Gasteiger partial charge is 0.345 e. The number of hydrogen-bond donors (Lipinski definition) is 2. The van der Waals surface area contributed by atoms with Crippen LogP contribution in [0.1, 0.15) is 22.8 Å². The highest BCUT2D eigenvalue weighted by Gasteiger charge is 2.13. The number of hydrogen-bond acceptors (Lipinski definition) is 5. The lowest BCUT2D eigenvalue weighted by atomic mass is 10.1. The van der Waals surface area contributed by atoms with Crippen LogP contribution in [0.3, 0.4) is 0 Å². The van der Waals surface area contributed by atoms with E-state index in [4.69, 9.17) is 16.0 Å². The van der Waals surface area contributed by atoms with Gasteiger partial charge in [-0.2, -0.15) is 5.10 Å². The minimum atomic E-state index is -0.596. The summed E-state index contributed by atoms with van der Waals surface area (Å²) in [5.74, 6) is -0.755. The van der Waals surface area contributed by atoms with E-state index in [9.17, 15) is 14.7 Å². The van der Waals surface area contributed by atoms with Crippen LogP contribution in [0.25, 0.3) is 21.7 Å². The predicted molar refractivity (Wildman–Crippen MR) is 113 cm³/mol. The van der Waals surface area contributed by atoms with Gasteiger partial charge in [0.15, 0.2) is 0 Å². The molecule has 0 aliphatic rings. The highest BCUT2D eigenvalue weighted by Crippen LogP contribution is 2.25. The van der Waals surface area contributed by atoms with E-state index in [0.717, 1.165) is 10.8 Å². The van der Waals surface area contributed by atoms with Gasteiger partial charge in [0, 0.05) is 10.4 Å². The van der Waals surface area contributed by atoms with Gasteiger partial charge in [0.05, 0.1) is 16.8 Å². The fourth-order valence-electron chi connectivity index (χ4n) is 3.01. The highest BCUT2D eigenvalue weighted by atomic mass is 35.5. The Labute approximate surface area is 170 Å². The van der Waals surface area contributed by atoms with Crippen LogP contribution >= 0.6 is 11.6 Å². The summed E-state index contributed by atoms with van der Waals surface area (Å²) in [7, 11) is 0. The lowest BCUT2D eigenvalue weighted by Crippen LogP contribution is -2.21. The number of aromatic hydroxyl groups is 1. The molecule has 3 aromatic carbocycles. The molecule has 0 spiro atoms. The van der Waals surface area contributed by atoms with Gasteiger partial charge >= 0.3 is 5.63 Å². The standard InChI is InChI=1S/C22H15ClN2O4/c1-12(17-10-15-8-16(23)6-7-20(15)29-22(17)28)24-25-21(27)18-9-13-4-2-3-5-14(13)11-19(18)26/h2-11,26H,1H3,(H,25,27)/b24-12-. The third-order valence-corrected chi connectivity index (χ3v) is 4.75. The van der Waals surface area contributed by atoms with E-state index >= 15 is 0 Å². The molecule has 0 bridgehead atoms. The van der Waals surface area contributed by atoms with Gasteiger partial charge in [-0.25, -0.2) is 10.2 Å². The second kappa shape index (κ2) is 7.41. The summed E-state index contributed by atoms with van der Waals surface area (Å²) in [5, 5.41) is 16.9. The molecule has 1 amide bonds. The van der Waals surface area contributed by atoms with Crippen molar-refractivity contribution in [3.05, 3.63) is 87.2 Å². The van der Waals surface area contributed by atoms with E-state index in [1.807, 2.05) is 24.3 Å². The fourth-order valence-corrected chi connectivity index (χ4v) is 3.19. The zero-order valence-corrected chi connectivity index (χ0v) is 16.0. The van der Waals surface area contributed by atoms with Gasteiger partial charge in [-0.05, 0) is 54.1 Å². The number of phenols is 1. The second-order valence-electron chi connectivity index (χ2n) is 6.48. The normalized spacial score (nSPS) is 11.7. The first kappa shape index (κ1) is 18.7. The van der Waals surface area contributed by atoms with Crippen molar-refractivity contribution in [2.75, 3.05) is 0 Å². The number of fused-ring (bicyclic) bond motifs is 2. The average Bonchev–Trinajstić information content (AvgIpc) is 2.71. The zero-order valence-electron chi connectivity index (χ0n) is 15.3. The molecule has 0 atom stereocenters. The molecule has 29 heavy (non-hydrogen) atoms. The first-order valence-corrected chi connectivity index (χ1v) is 9.10. The quantitative estimate of drug-likeness (QED) is 0.298. The number of benzene rings is 3. The topological polar surface area (TPSA) is 91.9 Å². The summed E-state index contributed by atoms with van der Waals surface area (Å²) < 4.78 is 5.28. The Bertz CT molecular complexity index is 1360. The Morgan fingerprint density at radius 3 is 2.45 bits per heavy atom. The number of amides is 1. The molecule has 0 saturated carbocycles. The van der Waals surface area contributed by atoms with Gasteiger partial charge in [0.2, 0.25) is 0 Å². The minimum Gasteiger partial charge on any atom is -0.507 e. The molecule has 0 radical (unpaired) electrons. The van der Waals surface area contributed by atoms with E-state index < -0.39 is 11.5 Å². The van der Waals surface area contributed by atoms with Gasteiger partial charge in [-0.3, -0.25) is 4.79 Å². The van der Waals surface area contributed by atoms with Gasteiger partial charge in [0.1, 0.15) is 11.3 Å². The van der Waals surface area contributed by atoms with E-state index in [2.05, 4.69) is 10.5 Å². The number of carbonyl (C=O) groups excluding carboxylic acids is 1. The van der Waals surface area contributed by atoms with Crippen molar-refractivity contribution in [2.24, 2.45) is 5.10 Å². The maximum absolute atomic E-state index is 12.5. The molecule has 0 aliphatic heterocycles. The summed E-state index contributed by atoms with van der Waals surface area (Å²) in [6.07, 6.45) is 0. The van der Waals surface area contributed by atoms with Crippen molar-refractivity contribution in [3.8, 4) is 5.75 Å². The molecular weight excluding hydrogens is 392 g/mol. The van der Waals surface area contributed by atoms with Crippen LogP contribution < -0.4 is 11.1 Å². The van der Waals surface area contributed by atoms with Crippen LogP contribution in [0.5, 0.6) is 5.75 Å². The SMILES string of the molecule is C/C(=N/NC(=O)c1cc2ccccc2cc1O)c1cc2cc(Cl)ccc2oc1=O. The van der Waals surface area contributed by atoms with Crippen LogP contribution in [-0.4, -0.2) is 16.7 Å². The second-order valence-corrected chi connectivity index (χ2v) is 6.92. The number of carbonyl (C=O) groups is 1. The molecule has 1 heterocycles. The van der Waals surface area contributed by atoms with Crippen LogP contribution in [0.2, 0.25) is 5.02 Å². The van der Waals surface area contributed by atoms with Crippen molar-refractivity contribution >= 4 is 45.0 Å². The Hall–Kier alpha value is -3.64. The summed E-state index contributed by atoms with van der Waals surface area (Å²) in [5.41, 5.74) is 2.73. The van der Waals surface area contributed by atoms with Gasteiger partial charge in [0.25, 0.3) is 5.91 Å². The van der Waals surface area contributed by atoms with Crippen LogP contribution in [-0.2, 0) is 0 Å². The molecule has 4 aromatic rings. The molecule has 7 heteroatoms. The lowest BCUT2D eigenvalue weighted by molar-refractivity contribution is 0.0952. The number of rotatable bonds is 3. The van der Waals surface area contributed by atoms with E-state index in [-0.39, 0.29) is 22.6 Å². The number of phenolic OH excluding ortho intramolecular Hbond substituents is 1. The van der Waals surface area contributed by atoms with E-state index in [0.29, 0.717) is 16.0 Å². The summed E-state index contributed by atoms with van der Waals surface area (Å²) >= 11 is 5.99. The molecule has 6 nitrogen and oxygen atoms in total. The molecule has 0 aliphatic carbocycles. The van der Waals surface area contributed by atoms with Crippen molar-refractivity contribution in [1.29, 1.82) is 0 Å². The molecule has 4 rings (SSSR count). The summed E-state index contributed by atoms with van der Waals surface area (Å²) in [6, 6.07) is 17.0. The van der Waals surface area contributed by atoms with Crippen LogP contribution in [0, 0.1) is 0 Å². The third kappa shape index (κ3) is 3.70. The number of hydrazone groups is 1.